The van der Waals surface area contributed by atoms with Crippen molar-refractivity contribution in [1.29, 1.82) is 0 Å². The van der Waals surface area contributed by atoms with Crippen LogP contribution in [0.25, 0.3) is 0 Å². The van der Waals surface area contributed by atoms with Crippen LogP contribution in [0.1, 0.15) is 17.3 Å². The number of benzene rings is 1. The molecule has 0 saturated carbocycles. The van der Waals surface area contributed by atoms with Crippen molar-refractivity contribution in [3.05, 3.63) is 50.6 Å². The van der Waals surface area contributed by atoms with Crippen molar-refractivity contribution in [3.8, 4) is 0 Å². The average molecular weight is 316 g/mol. The first-order valence-electron chi connectivity index (χ1n) is 4.99. The Hall–Kier alpha value is -0.820. The van der Waals surface area contributed by atoms with E-state index in [2.05, 4.69) is 26.3 Å². The molecule has 2 rings (SSSR count). The predicted molar refractivity (Wildman–Crippen MR) is 70.0 cm³/mol. The number of hydrazine groups is 1. The molecule has 0 fully saturated rings. The molecule has 1 unspecified atom stereocenters. The SMILES string of the molecule is NNC(Cc1cccc(F)c1Br)c1cscn1. The molecule has 0 radical (unpaired) electrons. The van der Waals surface area contributed by atoms with E-state index in [1.165, 1.54) is 17.4 Å². The lowest BCUT2D eigenvalue weighted by Crippen LogP contribution is -2.29. The Morgan fingerprint density at radius 2 is 2.35 bits per heavy atom. The molecule has 0 aliphatic rings. The Balaban J connectivity index is 2.22. The summed E-state index contributed by atoms with van der Waals surface area (Å²) >= 11 is 4.75. The van der Waals surface area contributed by atoms with Gasteiger partial charge in [0.05, 0.1) is 21.7 Å². The van der Waals surface area contributed by atoms with E-state index in [9.17, 15) is 4.39 Å². The molecule has 0 aliphatic heterocycles. The van der Waals surface area contributed by atoms with E-state index >= 15 is 0 Å². The number of nitrogens with two attached hydrogens (primary N) is 1. The summed E-state index contributed by atoms with van der Waals surface area (Å²) in [7, 11) is 0. The first-order chi connectivity index (χ1) is 8.22. The van der Waals surface area contributed by atoms with Crippen molar-refractivity contribution < 1.29 is 4.39 Å². The van der Waals surface area contributed by atoms with Gasteiger partial charge in [0.1, 0.15) is 5.82 Å². The van der Waals surface area contributed by atoms with Gasteiger partial charge in [-0.25, -0.2) is 9.37 Å². The number of nitrogens with one attached hydrogen (secondary N) is 1. The summed E-state index contributed by atoms with van der Waals surface area (Å²) in [6.45, 7) is 0. The second-order valence-corrected chi connectivity index (χ2v) is 5.06. The zero-order valence-corrected chi connectivity index (χ0v) is 11.3. The Kier molecular flexibility index (Phi) is 4.22. The minimum Gasteiger partial charge on any atom is -0.271 e. The molecule has 1 aromatic carbocycles. The third-order valence-electron chi connectivity index (χ3n) is 2.47. The highest BCUT2D eigenvalue weighted by Gasteiger charge is 2.15. The molecule has 0 saturated heterocycles. The summed E-state index contributed by atoms with van der Waals surface area (Å²) < 4.78 is 13.8. The highest BCUT2D eigenvalue weighted by Crippen LogP contribution is 2.25. The van der Waals surface area contributed by atoms with Crippen molar-refractivity contribution in [1.82, 2.24) is 10.4 Å². The van der Waals surface area contributed by atoms with Gasteiger partial charge in [0.25, 0.3) is 0 Å². The van der Waals surface area contributed by atoms with Crippen molar-refractivity contribution in [2.45, 2.75) is 12.5 Å². The fourth-order valence-corrected chi connectivity index (χ4v) is 2.60. The molecule has 90 valence electrons. The van der Waals surface area contributed by atoms with Gasteiger partial charge in [-0.1, -0.05) is 12.1 Å². The van der Waals surface area contributed by atoms with Crippen LogP contribution in [0, 0.1) is 5.82 Å². The first-order valence-corrected chi connectivity index (χ1v) is 6.73. The molecule has 0 aliphatic carbocycles. The molecule has 17 heavy (non-hydrogen) atoms. The van der Waals surface area contributed by atoms with Crippen LogP contribution in [0.5, 0.6) is 0 Å². The second-order valence-electron chi connectivity index (χ2n) is 3.55. The van der Waals surface area contributed by atoms with Crippen molar-refractivity contribution in [3.63, 3.8) is 0 Å². The number of nitrogens with zero attached hydrogens (tertiary/aromatic N) is 1. The van der Waals surface area contributed by atoms with Gasteiger partial charge >= 0.3 is 0 Å². The highest BCUT2D eigenvalue weighted by atomic mass is 79.9. The highest BCUT2D eigenvalue weighted by molar-refractivity contribution is 9.10. The van der Waals surface area contributed by atoms with Gasteiger partial charge in [0.2, 0.25) is 0 Å². The molecular weight excluding hydrogens is 305 g/mol. The maximum absolute atomic E-state index is 13.4. The fourth-order valence-electron chi connectivity index (χ4n) is 1.57. The second kappa shape index (κ2) is 5.68. The third kappa shape index (κ3) is 2.90. The van der Waals surface area contributed by atoms with E-state index in [0.717, 1.165) is 11.3 Å². The van der Waals surface area contributed by atoms with Gasteiger partial charge in [-0.05, 0) is 34.0 Å². The normalized spacial score (nSPS) is 12.6. The van der Waals surface area contributed by atoms with Crippen molar-refractivity contribution in [2.24, 2.45) is 5.84 Å². The molecule has 2 aromatic rings. The summed E-state index contributed by atoms with van der Waals surface area (Å²) in [5.74, 6) is 5.24. The maximum Gasteiger partial charge on any atom is 0.137 e. The average Bonchev–Trinajstić information content (AvgIpc) is 2.85. The molecule has 0 amide bonds. The molecule has 1 aromatic heterocycles. The van der Waals surface area contributed by atoms with Crippen LogP contribution in [0.15, 0.2) is 33.6 Å². The Labute approximate surface area is 111 Å². The van der Waals surface area contributed by atoms with Crippen LogP contribution in [-0.4, -0.2) is 4.98 Å². The van der Waals surface area contributed by atoms with E-state index in [1.807, 2.05) is 11.4 Å². The lowest BCUT2D eigenvalue weighted by Gasteiger charge is -2.14. The number of thiazole rings is 1. The lowest BCUT2D eigenvalue weighted by molar-refractivity contribution is 0.536. The predicted octanol–water partition coefficient (Wildman–Crippen LogP) is 2.79. The standard InChI is InChI=1S/C11H11BrFN3S/c12-11-7(2-1-3-8(11)13)4-9(16-14)10-5-17-6-15-10/h1-3,5-6,9,16H,4,14H2. The summed E-state index contributed by atoms with van der Waals surface area (Å²) in [6.07, 6.45) is 0.582. The van der Waals surface area contributed by atoms with E-state index in [0.29, 0.717) is 10.9 Å². The summed E-state index contributed by atoms with van der Waals surface area (Å²) in [6, 6.07) is 4.86. The Bertz CT molecular complexity index is 489. The van der Waals surface area contributed by atoms with Gasteiger partial charge in [-0.2, -0.15) is 0 Å². The molecule has 3 nitrogen and oxygen atoms in total. The molecule has 3 N–H and O–H groups in total. The van der Waals surface area contributed by atoms with E-state index in [4.69, 9.17) is 5.84 Å². The van der Waals surface area contributed by atoms with Gasteiger partial charge in [-0.15, -0.1) is 11.3 Å². The van der Waals surface area contributed by atoms with Crippen LogP contribution in [-0.2, 0) is 6.42 Å². The summed E-state index contributed by atoms with van der Waals surface area (Å²) in [4.78, 5) is 4.20. The van der Waals surface area contributed by atoms with Crippen LogP contribution in [0.2, 0.25) is 0 Å². The first kappa shape index (κ1) is 12.6. The van der Waals surface area contributed by atoms with Crippen LogP contribution in [0.4, 0.5) is 4.39 Å². The van der Waals surface area contributed by atoms with Gasteiger partial charge < -0.3 is 0 Å². The number of hydrogen-bond acceptors (Lipinski definition) is 4. The molecule has 0 bridgehead atoms. The monoisotopic (exact) mass is 315 g/mol. The van der Waals surface area contributed by atoms with Gasteiger partial charge in [0.15, 0.2) is 0 Å². The van der Waals surface area contributed by atoms with Crippen molar-refractivity contribution in [2.75, 3.05) is 0 Å². The fraction of sp³-hybridized carbons (Fsp3) is 0.182. The Morgan fingerprint density at radius 1 is 1.53 bits per heavy atom. The molecule has 6 heteroatoms. The minimum absolute atomic E-state index is 0.112. The molecule has 1 atom stereocenters. The van der Waals surface area contributed by atoms with Gasteiger partial charge in [0, 0.05) is 5.38 Å². The number of hydrogen-bond donors (Lipinski definition) is 2. The molecule has 1 heterocycles. The smallest absolute Gasteiger partial charge is 0.137 e. The topological polar surface area (TPSA) is 50.9 Å². The summed E-state index contributed by atoms with van der Waals surface area (Å²) in [5, 5.41) is 1.93. The maximum atomic E-state index is 13.4. The largest absolute Gasteiger partial charge is 0.271 e. The summed E-state index contributed by atoms with van der Waals surface area (Å²) in [5.41, 5.74) is 6.18. The van der Waals surface area contributed by atoms with Gasteiger partial charge in [-0.3, -0.25) is 11.3 Å². The quantitative estimate of drug-likeness (QED) is 0.674. The lowest BCUT2D eigenvalue weighted by atomic mass is 10.0. The number of aromatic nitrogens is 1. The zero-order chi connectivity index (χ0) is 12.3. The van der Waals surface area contributed by atoms with Crippen LogP contribution < -0.4 is 11.3 Å². The van der Waals surface area contributed by atoms with Crippen molar-refractivity contribution >= 4 is 27.3 Å². The molecule has 0 spiro atoms. The van der Waals surface area contributed by atoms with E-state index in [-0.39, 0.29) is 11.9 Å². The minimum atomic E-state index is -0.267. The number of rotatable bonds is 4. The Morgan fingerprint density at radius 3 is 3.00 bits per heavy atom. The third-order valence-corrected chi connectivity index (χ3v) is 3.96. The van der Waals surface area contributed by atoms with E-state index < -0.39 is 0 Å². The van der Waals surface area contributed by atoms with Crippen LogP contribution >= 0.6 is 27.3 Å². The van der Waals surface area contributed by atoms with Crippen LogP contribution in [0.3, 0.4) is 0 Å². The molecular formula is C11H11BrFN3S. The van der Waals surface area contributed by atoms with E-state index in [1.54, 1.807) is 11.6 Å². The number of halogens is 2. The zero-order valence-electron chi connectivity index (χ0n) is 8.86.